The van der Waals surface area contributed by atoms with Gasteiger partial charge in [0.2, 0.25) is 0 Å². The summed E-state index contributed by atoms with van der Waals surface area (Å²) in [4.78, 5) is 22.2. The fourth-order valence-corrected chi connectivity index (χ4v) is 1.96. The predicted molar refractivity (Wildman–Crippen MR) is 77.2 cm³/mol. The van der Waals surface area contributed by atoms with Crippen LogP contribution in [0.3, 0.4) is 0 Å². The number of amides is 1. The van der Waals surface area contributed by atoms with E-state index in [0.29, 0.717) is 16.8 Å². The third kappa shape index (κ3) is 2.95. The highest BCUT2D eigenvalue weighted by atomic mass is 35.5. The minimum atomic E-state index is -0.557. The van der Waals surface area contributed by atoms with Gasteiger partial charge in [-0.15, -0.1) is 0 Å². The van der Waals surface area contributed by atoms with Crippen molar-refractivity contribution in [1.29, 1.82) is 0 Å². The maximum Gasteiger partial charge on any atom is 0.288 e. The summed E-state index contributed by atoms with van der Waals surface area (Å²) in [7, 11) is 0. The summed E-state index contributed by atoms with van der Waals surface area (Å²) in [5, 5.41) is 13.4. The van der Waals surface area contributed by atoms with E-state index in [4.69, 9.17) is 11.6 Å². The van der Waals surface area contributed by atoms with Crippen LogP contribution in [0.15, 0.2) is 42.5 Å². The molecule has 0 aliphatic heterocycles. The number of aryl methyl sites for hydroxylation is 1. The lowest BCUT2D eigenvalue weighted by molar-refractivity contribution is -0.384. The van der Waals surface area contributed by atoms with E-state index in [2.05, 4.69) is 5.32 Å². The van der Waals surface area contributed by atoms with Gasteiger partial charge in [-0.05, 0) is 30.7 Å². The van der Waals surface area contributed by atoms with Crippen LogP contribution in [0.1, 0.15) is 15.9 Å². The highest BCUT2D eigenvalue weighted by molar-refractivity contribution is 6.33. The molecule has 0 unspecified atom stereocenters. The van der Waals surface area contributed by atoms with Crippen LogP contribution in [0, 0.1) is 17.0 Å². The van der Waals surface area contributed by atoms with E-state index in [1.165, 1.54) is 12.1 Å². The minimum Gasteiger partial charge on any atom is -0.322 e. The van der Waals surface area contributed by atoms with Gasteiger partial charge in [0.25, 0.3) is 11.6 Å². The Bertz CT molecular complexity index is 672. The maximum atomic E-state index is 12.0. The quantitative estimate of drug-likeness (QED) is 0.690. The second-order valence-electron chi connectivity index (χ2n) is 4.20. The van der Waals surface area contributed by atoms with Crippen molar-refractivity contribution in [2.45, 2.75) is 6.92 Å². The number of nitro benzene ring substituents is 1. The summed E-state index contributed by atoms with van der Waals surface area (Å²) in [5.41, 5.74) is 1.35. The Kier molecular flexibility index (Phi) is 4.00. The van der Waals surface area contributed by atoms with Crippen LogP contribution in [0.25, 0.3) is 0 Å². The van der Waals surface area contributed by atoms with E-state index in [1.807, 2.05) is 6.07 Å². The second-order valence-corrected chi connectivity index (χ2v) is 4.60. The van der Waals surface area contributed by atoms with E-state index in [1.54, 1.807) is 31.2 Å². The Labute approximate surface area is 120 Å². The number of halogens is 1. The van der Waals surface area contributed by atoms with E-state index < -0.39 is 4.92 Å². The zero-order valence-corrected chi connectivity index (χ0v) is 11.3. The smallest absolute Gasteiger partial charge is 0.288 e. The molecule has 2 rings (SSSR count). The van der Waals surface area contributed by atoms with Crippen molar-refractivity contribution in [3.8, 4) is 0 Å². The van der Waals surface area contributed by atoms with Gasteiger partial charge in [-0.3, -0.25) is 14.9 Å². The van der Waals surface area contributed by atoms with Gasteiger partial charge in [-0.2, -0.15) is 0 Å². The predicted octanol–water partition coefficient (Wildman–Crippen LogP) is 3.81. The fourth-order valence-electron chi connectivity index (χ4n) is 1.72. The van der Waals surface area contributed by atoms with E-state index in [-0.39, 0.29) is 16.6 Å². The number of rotatable bonds is 3. The van der Waals surface area contributed by atoms with Crippen molar-refractivity contribution in [3.05, 3.63) is 68.7 Å². The lowest BCUT2D eigenvalue weighted by atomic mass is 10.1. The number of nitrogens with zero attached hydrogens (tertiary/aromatic N) is 1. The molecule has 2 aromatic rings. The van der Waals surface area contributed by atoms with Crippen molar-refractivity contribution < 1.29 is 9.72 Å². The summed E-state index contributed by atoms with van der Waals surface area (Å²) < 4.78 is 0. The van der Waals surface area contributed by atoms with Crippen molar-refractivity contribution in [1.82, 2.24) is 0 Å². The SMILES string of the molecule is Cc1cc([N+](=O)[O-])c(Cl)cc1NC(=O)c1ccccc1. The number of benzene rings is 2. The summed E-state index contributed by atoms with van der Waals surface area (Å²) in [6, 6.07) is 11.4. The molecule has 6 heteroatoms. The normalized spacial score (nSPS) is 10.1. The molecule has 0 radical (unpaired) electrons. The molecule has 0 saturated carbocycles. The molecule has 0 aromatic heterocycles. The number of nitrogens with one attached hydrogen (secondary N) is 1. The van der Waals surface area contributed by atoms with Crippen molar-refractivity contribution in [3.63, 3.8) is 0 Å². The van der Waals surface area contributed by atoms with Crippen LogP contribution in [0.2, 0.25) is 5.02 Å². The Morgan fingerprint density at radius 1 is 1.25 bits per heavy atom. The third-order valence-electron chi connectivity index (χ3n) is 2.77. The fraction of sp³-hybridized carbons (Fsp3) is 0.0714. The topological polar surface area (TPSA) is 72.2 Å². The van der Waals surface area contributed by atoms with Gasteiger partial charge in [-0.25, -0.2) is 0 Å². The van der Waals surface area contributed by atoms with E-state index in [0.717, 1.165) is 0 Å². The molecule has 0 fully saturated rings. The number of hydrogen-bond donors (Lipinski definition) is 1. The summed E-state index contributed by atoms with van der Waals surface area (Å²) in [6.07, 6.45) is 0. The molecule has 0 bridgehead atoms. The molecular weight excluding hydrogens is 280 g/mol. The second kappa shape index (κ2) is 5.71. The van der Waals surface area contributed by atoms with Crippen LogP contribution in [0.5, 0.6) is 0 Å². The molecule has 1 amide bonds. The van der Waals surface area contributed by atoms with Crippen LogP contribution in [0.4, 0.5) is 11.4 Å². The summed E-state index contributed by atoms with van der Waals surface area (Å²) in [6.45, 7) is 1.67. The highest BCUT2D eigenvalue weighted by Gasteiger charge is 2.16. The molecule has 5 nitrogen and oxygen atoms in total. The minimum absolute atomic E-state index is 0.0102. The number of carbonyl (C=O) groups excluding carboxylic acids is 1. The van der Waals surface area contributed by atoms with E-state index in [9.17, 15) is 14.9 Å². The Hall–Kier alpha value is -2.40. The first-order chi connectivity index (χ1) is 9.49. The Morgan fingerprint density at radius 3 is 2.50 bits per heavy atom. The molecule has 102 valence electrons. The van der Waals surface area contributed by atoms with Gasteiger partial charge >= 0.3 is 0 Å². The lowest BCUT2D eigenvalue weighted by Crippen LogP contribution is -2.12. The first-order valence-electron chi connectivity index (χ1n) is 5.80. The van der Waals surface area contributed by atoms with Gasteiger partial charge < -0.3 is 5.32 Å². The molecule has 2 aromatic carbocycles. The zero-order chi connectivity index (χ0) is 14.7. The molecule has 0 aliphatic carbocycles. The lowest BCUT2D eigenvalue weighted by Gasteiger charge is -2.09. The van der Waals surface area contributed by atoms with Crippen LogP contribution in [-0.2, 0) is 0 Å². The van der Waals surface area contributed by atoms with Crippen LogP contribution < -0.4 is 5.32 Å². The van der Waals surface area contributed by atoms with Crippen LogP contribution in [-0.4, -0.2) is 10.8 Å². The molecule has 0 saturated heterocycles. The first kappa shape index (κ1) is 14.0. The molecule has 0 heterocycles. The van der Waals surface area contributed by atoms with Crippen molar-refractivity contribution in [2.24, 2.45) is 0 Å². The molecule has 0 atom stereocenters. The molecule has 1 N–H and O–H groups in total. The average molecular weight is 291 g/mol. The molecule has 0 aliphatic rings. The van der Waals surface area contributed by atoms with Gasteiger partial charge in [0.15, 0.2) is 0 Å². The summed E-state index contributed by atoms with van der Waals surface area (Å²) >= 11 is 5.83. The Morgan fingerprint density at radius 2 is 1.90 bits per heavy atom. The standard InChI is InChI=1S/C14H11ClN2O3/c1-9-7-13(17(19)20)11(15)8-12(9)16-14(18)10-5-3-2-4-6-10/h2-8H,1H3,(H,16,18). The van der Waals surface area contributed by atoms with Crippen LogP contribution >= 0.6 is 11.6 Å². The number of nitro groups is 1. The Balaban J connectivity index is 2.29. The van der Waals surface area contributed by atoms with Gasteiger partial charge in [0, 0.05) is 17.3 Å². The average Bonchev–Trinajstić information content (AvgIpc) is 2.43. The molecule has 0 spiro atoms. The molecule has 20 heavy (non-hydrogen) atoms. The largest absolute Gasteiger partial charge is 0.322 e. The number of hydrogen-bond acceptors (Lipinski definition) is 3. The zero-order valence-electron chi connectivity index (χ0n) is 10.6. The number of anilines is 1. The van der Waals surface area contributed by atoms with Crippen molar-refractivity contribution >= 4 is 28.9 Å². The molecular formula is C14H11ClN2O3. The summed E-state index contributed by atoms with van der Waals surface area (Å²) in [5.74, 6) is -0.293. The highest BCUT2D eigenvalue weighted by Crippen LogP contribution is 2.30. The third-order valence-corrected chi connectivity index (χ3v) is 3.08. The van der Waals surface area contributed by atoms with E-state index >= 15 is 0 Å². The monoisotopic (exact) mass is 290 g/mol. The van der Waals surface area contributed by atoms with Gasteiger partial charge in [0.1, 0.15) is 5.02 Å². The number of carbonyl (C=O) groups is 1. The maximum absolute atomic E-state index is 12.0. The van der Waals surface area contributed by atoms with Crippen molar-refractivity contribution in [2.75, 3.05) is 5.32 Å². The first-order valence-corrected chi connectivity index (χ1v) is 6.18. The van der Waals surface area contributed by atoms with Gasteiger partial charge in [-0.1, -0.05) is 29.8 Å². The van der Waals surface area contributed by atoms with Gasteiger partial charge in [0.05, 0.1) is 4.92 Å².